The van der Waals surface area contributed by atoms with E-state index in [1.54, 1.807) is 0 Å². The number of aryl methyl sites for hydroxylation is 2. The number of hydrogen-bond acceptors (Lipinski definition) is 4. The normalized spacial score (nSPS) is 10.8. The maximum absolute atomic E-state index is 12.3. The second-order valence-electron chi connectivity index (χ2n) is 5.66. The minimum atomic E-state index is -2.88. The molecule has 0 radical (unpaired) electrons. The van der Waals surface area contributed by atoms with Gasteiger partial charge in [-0.05, 0) is 49.7 Å². The Morgan fingerprint density at radius 2 is 1.88 bits per heavy atom. The molecule has 1 heterocycles. The van der Waals surface area contributed by atoms with Gasteiger partial charge in [0.2, 0.25) is 5.82 Å². The molecule has 0 saturated carbocycles. The number of amides is 1. The van der Waals surface area contributed by atoms with E-state index in [9.17, 15) is 13.6 Å². The van der Waals surface area contributed by atoms with Gasteiger partial charge in [-0.25, -0.2) is 9.67 Å². The first-order chi connectivity index (χ1) is 12.4. The van der Waals surface area contributed by atoms with E-state index in [1.165, 1.54) is 35.3 Å². The highest BCUT2D eigenvalue weighted by molar-refractivity contribution is 6.01. The van der Waals surface area contributed by atoms with Crippen LogP contribution >= 0.6 is 0 Å². The number of hydrogen-bond donors (Lipinski definition) is 1. The van der Waals surface area contributed by atoms with Gasteiger partial charge in [0.15, 0.2) is 0 Å². The van der Waals surface area contributed by atoms with Crippen LogP contribution in [0.1, 0.15) is 21.7 Å². The van der Waals surface area contributed by atoms with Gasteiger partial charge in [-0.3, -0.25) is 4.79 Å². The number of benzene rings is 2. The number of halogens is 2. The molecule has 0 unspecified atom stereocenters. The van der Waals surface area contributed by atoms with Gasteiger partial charge in [0, 0.05) is 5.69 Å². The molecule has 0 saturated heterocycles. The van der Waals surface area contributed by atoms with Crippen molar-refractivity contribution in [3.8, 4) is 11.4 Å². The fourth-order valence-corrected chi connectivity index (χ4v) is 2.40. The third-order valence-electron chi connectivity index (χ3n) is 3.65. The van der Waals surface area contributed by atoms with Crippen LogP contribution in [0.25, 0.3) is 5.69 Å². The molecule has 0 spiro atoms. The summed E-state index contributed by atoms with van der Waals surface area (Å²) in [7, 11) is 0. The first-order valence-electron chi connectivity index (χ1n) is 7.78. The van der Waals surface area contributed by atoms with Crippen LogP contribution in [-0.4, -0.2) is 27.3 Å². The first-order valence-corrected chi connectivity index (χ1v) is 7.78. The lowest BCUT2D eigenvalue weighted by atomic mass is 10.1. The van der Waals surface area contributed by atoms with Crippen molar-refractivity contribution in [1.82, 2.24) is 14.8 Å². The molecule has 6 nitrogen and oxygen atoms in total. The predicted molar refractivity (Wildman–Crippen MR) is 91.9 cm³/mol. The number of alkyl halides is 2. The van der Waals surface area contributed by atoms with Gasteiger partial charge in [0.1, 0.15) is 12.1 Å². The molecule has 0 atom stereocenters. The number of ether oxygens (including phenoxy) is 1. The number of anilines is 1. The predicted octanol–water partition coefficient (Wildman–Crippen LogP) is 3.74. The molecular weight excluding hydrogens is 342 g/mol. The molecule has 1 N–H and O–H groups in total. The van der Waals surface area contributed by atoms with Crippen LogP contribution in [0.15, 0.2) is 48.8 Å². The second kappa shape index (κ2) is 7.30. The lowest BCUT2D eigenvalue weighted by Gasteiger charge is -2.07. The van der Waals surface area contributed by atoms with Crippen LogP contribution in [0.5, 0.6) is 5.75 Å². The molecule has 0 aliphatic heterocycles. The van der Waals surface area contributed by atoms with E-state index in [2.05, 4.69) is 20.1 Å². The van der Waals surface area contributed by atoms with Crippen LogP contribution in [-0.2, 0) is 0 Å². The lowest BCUT2D eigenvalue weighted by molar-refractivity contribution is -0.0498. The first kappa shape index (κ1) is 17.5. The largest absolute Gasteiger partial charge is 0.435 e. The van der Waals surface area contributed by atoms with Gasteiger partial charge in [-0.2, -0.15) is 8.78 Å². The van der Waals surface area contributed by atoms with E-state index < -0.39 is 12.5 Å². The standard InChI is InChI=1S/C18H16F2N4O2/c1-11-3-8-15(12(2)9-11)22-17(25)16-21-10-24(23-16)13-4-6-14(7-5-13)26-18(19)20/h3-10,18H,1-2H3,(H,22,25). The second-order valence-corrected chi connectivity index (χ2v) is 5.66. The Bertz CT molecular complexity index is 923. The molecule has 0 bridgehead atoms. The summed E-state index contributed by atoms with van der Waals surface area (Å²) in [5.41, 5.74) is 3.28. The summed E-state index contributed by atoms with van der Waals surface area (Å²) >= 11 is 0. The molecule has 1 aromatic heterocycles. The summed E-state index contributed by atoms with van der Waals surface area (Å²) < 4.78 is 30.0. The van der Waals surface area contributed by atoms with Crippen LogP contribution in [0.3, 0.4) is 0 Å². The number of nitrogens with one attached hydrogen (secondary N) is 1. The fraction of sp³-hybridized carbons (Fsp3) is 0.167. The van der Waals surface area contributed by atoms with Gasteiger partial charge in [-0.15, -0.1) is 5.10 Å². The highest BCUT2D eigenvalue weighted by Gasteiger charge is 2.14. The van der Waals surface area contributed by atoms with E-state index in [0.29, 0.717) is 11.4 Å². The van der Waals surface area contributed by atoms with Crippen molar-refractivity contribution < 1.29 is 18.3 Å². The van der Waals surface area contributed by atoms with Crippen molar-refractivity contribution in [3.63, 3.8) is 0 Å². The highest BCUT2D eigenvalue weighted by atomic mass is 19.3. The highest BCUT2D eigenvalue weighted by Crippen LogP contribution is 2.18. The molecule has 26 heavy (non-hydrogen) atoms. The quantitative estimate of drug-likeness (QED) is 0.754. The zero-order chi connectivity index (χ0) is 18.7. The Morgan fingerprint density at radius 1 is 1.15 bits per heavy atom. The summed E-state index contributed by atoms with van der Waals surface area (Å²) in [6.45, 7) is 0.990. The minimum Gasteiger partial charge on any atom is -0.435 e. The summed E-state index contributed by atoms with van der Waals surface area (Å²) in [6.07, 6.45) is 1.37. The molecule has 8 heteroatoms. The molecule has 2 aromatic carbocycles. The number of carbonyl (C=O) groups is 1. The molecular formula is C18H16F2N4O2. The molecule has 3 rings (SSSR count). The molecule has 0 aliphatic carbocycles. The van der Waals surface area contributed by atoms with Gasteiger partial charge in [0.25, 0.3) is 5.91 Å². The van der Waals surface area contributed by atoms with Crippen LogP contribution < -0.4 is 10.1 Å². The molecule has 1 amide bonds. The van der Waals surface area contributed by atoms with Gasteiger partial charge >= 0.3 is 6.61 Å². The van der Waals surface area contributed by atoms with Crippen molar-refractivity contribution in [2.75, 3.05) is 5.32 Å². The Balaban J connectivity index is 1.73. The molecule has 134 valence electrons. The number of nitrogens with zero attached hydrogens (tertiary/aromatic N) is 3. The van der Waals surface area contributed by atoms with Crippen LogP contribution in [0.2, 0.25) is 0 Å². The Kier molecular flexibility index (Phi) is 4.92. The molecule has 3 aromatic rings. The van der Waals surface area contributed by atoms with Crippen LogP contribution in [0, 0.1) is 13.8 Å². The lowest BCUT2D eigenvalue weighted by Crippen LogP contribution is -2.15. The number of carbonyl (C=O) groups excluding carboxylic acids is 1. The van der Waals surface area contributed by atoms with Gasteiger partial charge < -0.3 is 10.1 Å². The Labute approximate surface area is 148 Å². The maximum Gasteiger partial charge on any atom is 0.387 e. The van der Waals surface area contributed by atoms with E-state index >= 15 is 0 Å². The van der Waals surface area contributed by atoms with E-state index in [4.69, 9.17) is 0 Å². The number of rotatable bonds is 5. The third-order valence-corrected chi connectivity index (χ3v) is 3.65. The summed E-state index contributed by atoms with van der Waals surface area (Å²) in [6, 6.07) is 11.5. The fourth-order valence-electron chi connectivity index (χ4n) is 2.40. The monoisotopic (exact) mass is 358 g/mol. The Morgan fingerprint density at radius 3 is 2.54 bits per heavy atom. The third kappa shape index (κ3) is 4.02. The van der Waals surface area contributed by atoms with E-state index in [1.807, 2.05) is 32.0 Å². The van der Waals surface area contributed by atoms with E-state index in [0.717, 1.165) is 11.1 Å². The topological polar surface area (TPSA) is 69.0 Å². The number of aromatic nitrogens is 3. The van der Waals surface area contributed by atoms with Crippen molar-refractivity contribution in [2.45, 2.75) is 20.5 Å². The summed E-state index contributed by atoms with van der Waals surface area (Å²) in [5.74, 6) is -0.400. The average molecular weight is 358 g/mol. The van der Waals surface area contributed by atoms with E-state index in [-0.39, 0.29) is 11.6 Å². The minimum absolute atomic E-state index is 0.00196. The van der Waals surface area contributed by atoms with Crippen molar-refractivity contribution in [3.05, 3.63) is 65.7 Å². The van der Waals surface area contributed by atoms with Crippen molar-refractivity contribution in [1.29, 1.82) is 0 Å². The average Bonchev–Trinajstić information content (AvgIpc) is 3.08. The maximum atomic E-state index is 12.3. The molecule has 0 aliphatic rings. The van der Waals surface area contributed by atoms with Crippen molar-refractivity contribution in [2.24, 2.45) is 0 Å². The van der Waals surface area contributed by atoms with Crippen LogP contribution in [0.4, 0.5) is 14.5 Å². The SMILES string of the molecule is Cc1ccc(NC(=O)c2ncn(-c3ccc(OC(F)F)cc3)n2)c(C)c1. The Hall–Kier alpha value is -3.29. The molecule has 0 fully saturated rings. The van der Waals surface area contributed by atoms with Gasteiger partial charge in [-0.1, -0.05) is 17.7 Å². The van der Waals surface area contributed by atoms with Crippen molar-refractivity contribution >= 4 is 11.6 Å². The smallest absolute Gasteiger partial charge is 0.387 e. The zero-order valence-corrected chi connectivity index (χ0v) is 14.1. The van der Waals surface area contributed by atoms with Gasteiger partial charge in [0.05, 0.1) is 5.69 Å². The summed E-state index contributed by atoms with van der Waals surface area (Å²) in [5, 5.41) is 6.89. The zero-order valence-electron chi connectivity index (χ0n) is 14.1. The summed E-state index contributed by atoms with van der Waals surface area (Å²) in [4.78, 5) is 16.3.